The lowest BCUT2D eigenvalue weighted by Crippen LogP contribution is -2.12. The minimum Gasteiger partial charge on any atom is -0.715 e. The van der Waals surface area contributed by atoms with Gasteiger partial charge in [0.1, 0.15) is 6.54 Å². The zero-order valence-corrected chi connectivity index (χ0v) is 3.74. The van der Waals surface area contributed by atoms with Gasteiger partial charge in [-0.05, 0) is 0 Å². The third-order valence-corrected chi connectivity index (χ3v) is 0.812. The first kappa shape index (κ1) is 4.39. The van der Waals surface area contributed by atoms with Gasteiger partial charge in [0.25, 0.3) is 6.34 Å². The number of nitrogens with zero attached hydrogens (tertiary/aromatic N) is 2. The molecule has 0 unspecified atom stereocenters. The molecule has 4 heteroatoms. The molecule has 0 bridgehead atoms. The lowest BCUT2D eigenvalue weighted by atomic mass is 10.7. The third-order valence-electron chi connectivity index (χ3n) is 0.812. The zero-order valence-electron chi connectivity index (χ0n) is 3.74. The Morgan fingerprint density at radius 3 is 2.71 bits per heavy atom. The van der Waals surface area contributed by atoms with Gasteiger partial charge in [-0.3, -0.25) is 4.74 Å². The van der Waals surface area contributed by atoms with Crippen molar-refractivity contribution in [1.82, 2.24) is 5.06 Å². The van der Waals surface area contributed by atoms with Crippen molar-refractivity contribution < 1.29 is 9.95 Å². The van der Waals surface area contributed by atoms with E-state index < -0.39 is 0 Å². The second-order valence-corrected chi connectivity index (χ2v) is 1.42. The molecule has 40 valence electrons. The minimum absolute atomic E-state index is 0.372. The summed E-state index contributed by atoms with van der Waals surface area (Å²) < 4.78 is 0.681. The quantitative estimate of drug-likeness (QED) is 0.323. The molecule has 0 fully saturated rings. The standard InChI is InChI=1S/C3H6N2O2/c6-4-1-2-5(7)3-4/h3,6H,1-2H2. The van der Waals surface area contributed by atoms with Crippen LogP contribution >= 0.6 is 0 Å². The SMILES string of the molecule is [O-][N+]1=CN(O)CC1. The molecule has 1 rings (SSSR count). The van der Waals surface area contributed by atoms with Crippen LogP contribution in [0.25, 0.3) is 0 Å². The summed E-state index contributed by atoms with van der Waals surface area (Å²) in [6.45, 7) is 0.792. The molecule has 7 heavy (non-hydrogen) atoms. The molecular weight excluding hydrogens is 96.0 g/mol. The van der Waals surface area contributed by atoms with Crippen molar-refractivity contribution in [2.45, 2.75) is 0 Å². The van der Waals surface area contributed by atoms with E-state index in [-0.39, 0.29) is 0 Å². The summed E-state index contributed by atoms with van der Waals surface area (Å²) in [6, 6.07) is 0. The Kier molecular flexibility index (Phi) is 0.867. The molecule has 0 amide bonds. The van der Waals surface area contributed by atoms with Gasteiger partial charge in [-0.25, -0.2) is 5.21 Å². The monoisotopic (exact) mass is 102 g/mol. The van der Waals surface area contributed by atoms with Crippen LogP contribution < -0.4 is 0 Å². The van der Waals surface area contributed by atoms with Crippen LogP contribution in [0.2, 0.25) is 0 Å². The minimum atomic E-state index is 0.372. The summed E-state index contributed by atoms with van der Waals surface area (Å²) >= 11 is 0. The lowest BCUT2D eigenvalue weighted by molar-refractivity contribution is -0.441. The van der Waals surface area contributed by atoms with E-state index in [4.69, 9.17) is 5.21 Å². The Morgan fingerprint density at radius 2 is 2.57 bits per heavy atom. The predicted octanol–water partition coefficient (Wildman–Crippen LogP) is -0.770. The predicted molar refractivity (Wildman–Crippen MR) is 23.1 cm³/mol. The van der Waals surface area contributed by atoms with Gasteiger partial charge < -0.3 is 5.21 Å². The molecule has 0 aromatic rings. The van der Waals surface area contributed by atoms with Crippen LogP contribution in [0.3, 0.4) is 0 Å². The maximum absolute atomic E-state index is 10.1. The van der Waals surface area contributed by atoms with Crippen LogP contribution in [0.15, 0.2) is 0 Å². The molecule has 0 saturated carbocycles. The van der Waals surface area contributed by atoms with Crippen molar-refractivity contribution >= 4 is 6.34 Å². The maximum Gasteiger partial charge on any atom is 0.267 e. The van der Waals surface area contributed by atoms with E-state index >= 15 is 0 Å². The van der Waals surface area contributed by atoms with E-state index in [1.54, 1.807) is 0 Å². The molecule has 0 aromatic heterocycles. The summed E-state index contributed by atoms with van der Waals surface area (Å²) in [6.07, 6.45) is 1.11. The van der Waals surface area contributed by atoms with Crippen molar-refractivity contribution in [3.05, 3.63) is 5.21 Å². The molecule has 1 N–H and O–H groups in total. The van der Waals surface area contributed by atoms with E-state index in [1.807, 2.05) is 0 Å². The van der Waals surface area contributed by atoms with Gasteiger partial charge in [-0.2, -0.15) is 0 Å². The normalized spacial score (nSPS) is 20.1. The summed E-state index contributed by atoms with van der Waals surface area (Å²) in [4.78, 5) is 0. The lowest BCUT2D eigenvalue weighted by Gasteiger charge is -1.94. The Hall–Kier alpha value is -0.770. The average Bonchev–Trinajstić information content (AvgIpc) is 1.87. The fourth-order valence-electron chi connectivity index (χ4n) is 0.465. The average molecular weight is 102 g/mol. The Balaban J connectivity index is 2.50. The number of hydrogen-bond acceptors (Lipinski definition) is 3. The van der Waals surface area contributed by atoms with Gasteiger partial charge in [-0.15, -0.1) is 5.06 Å². The van der Waals surface area contributed by atoms with Gasteiger partial charge in [0.15, 0.2) is 6.54 Å². The summed E-state index contributed by atoms with van der Waals surface area (Å²) in [5.41, 5.74) is 0. The Bertz CT molecular complexity index is 101. The largest absolute Gasteiger partial charge is 0.715 e. The van der Waals surface area contributed by atoms with Gasteiger partial charge >= 0.3 is 0 Å². The van der Waals surface area contributed by atoms with Gasteiger partial charge in [0.05, 0.1) is 0 Å². The smallest absolute Gasteiger partial charge is 0.267 e. The molecule has 0 spiro atoms. The molecule has 0 atom stereocenters. The number of hydrogen-bond donors (Lipinski definition) is 1. The van der Waals surface area contributed by atoms with E-state index in [2.05, 4.69) is 0 Å². The van der Waals surface area contributed by atoms with Crippen molar-refractivity contribution in [3.8, 4) is 0 Å². The van der Waals surface area contributed by atoms with Gasteiger partial charge in [0.2, 0.25) is 0 Å². The molecule has 1 heterocycles. The summed E-state index contributed by atoms with van der Waals surface area (Å²) in [7, 11) is 0. The topological polar surface area (TPSA) is 49.5 Å². The van der Waals surface area contributed by atoms with Crippen LogP contribution in [0, 0.1) is 5.21 Å². The van der Waals surface area contributed by atoms with Gasteiger partial charge in [-0.1, -0.05) is 0 Å². The maximum atomic E-state index is 10.1. The zero-order chi connectivity index (χ0) is 5.28. The van der Waals surface area contributed by atoms with Crippen LogP contribution in [-0.2, 0) is 0 Å². The van der Waals surface area contributed by atoms with Crippen LogP contribution in [0.4, 0.5) is 0 Å². The van der Waals surface area contributed by atoms with Crippen LogP contribution in [0.1, 0.15) is 0 Å². The highest BCUT2D eigenvalue weighted by atomic mass is 16.5. The second kappa shape index (κ2) is 1.38. The number of hydroxylamine groups is 3. The fraction of sp³-hybridized carbons (Fsp3) is 0.667. The molecule has 1 aliphatic rings. The highest BCUT2D eigenvalue weighted by Crippen LogP contribution is 1.84. The molecule has 0 aromatic carbocycles. The molecule has 4 nitrogen and oxygen atoms in total. The van der Waals surface area contributed by atoms with Crippen LogP contribution in [-0.4, -0.2) is 34.4 Å². The molecule has 1 aliphatic heterocycles. The molecule has 0 aliphatic carbocycles. The Labute approximate surface area is 40.8 Å². The summed E-state index contributed by atoms with van der Waals surface area (Å²) in [5.74, 6) is 0. The highest BCUT2D eigenvalue weighted by Gasteiger charge is 2.10. The summed E-state index contributed by atoms with van der Waals surface area (Å²) in [5, 5.41) is 19.4. The van der Waals surface area contributed by atoms with Crippen molar-refractivity contribution in [1.29, 1.82) is 0 Å². The fourth-order valence-corrected chi connectivity index (χ4v) is 0.465. The van der Waals surface area contributed by atoms with Gasteiger partial charge in [0, 0.05) is 0 Å². The Morgan fingerprint density at radius 1 is 1.86 bits per heavy atom. The first-order valence-electron chi connectivity index (χ1n) is 2.03. The van der Waals surface area contributed by atoms with Crippen molar-refractivity contribution in [2.75, 3.05) is 13.1 Å². The first-order valence-corrected chi connectivity index (χ1v) is 2.03. The first-order chi connectivity index (χ1) is 3.29. The number of rotatable bonds is 0. The molecule has 0 radical (unpaired) electrons. The highest BCUT2D eigenvalue weighted by molar-refractivity contribution is 5.48. The van der Waals surface area contributed by atoms with Crippen molar-refractivity contribution in [3.63, 3.8) is 0 Å². The van der Waals surface area contributed by atoms with E-state index in [0.29, 0.717) is 17.8 Å². The van der Waals surface area contributed by atoms with Crippen molar-refractivity contribution in [2.24, 2.45) is 0 Å². The van der Waals surface area contributed by atoms with Crippen LogP contribution in [0.5, 0.6) is 0 Å². The van der Waals surface area contributed by atoms with E-state index in [0.717, 1.165) is 11.4 Å². The second-order valence-electron chi connectivity index (χ2n) is 1.42. The molecule has 0 saturated heterocycles. The molecular formula is C3H6N2O2. The van der Waals surface area contributed by atoms with E-state index in [9.17, 15) is 5.21 Å². The van der Waals surface area contributed by atoms with E-state index in [1.165, 1.54) is 0 Å². The third kappa shape index (κ3) is 0.806.